The van der Waals surface area contributed by atoms with Crippen LogP contribution in [0.25, 0.3) is 0 Å². The number of hydrogen-bond donors (Lipinski definition) is 1. The Morgan fingerprint density at radius 3 is 2.40 bits per heavy atom. The number of nitrogens with zero attached hydrogens (tertiary/aromatic N) is 2. The average Bonchev–Trinajstić information content (AvgIpc) is 2.82. The zero-order chi connectivity index (χ0) is 18.4. The molecule has 0 saturated heterocycles. The van der Waals surface area contributed by atoms with Crippen LogP contribution in [0.5, 0.6) is 0 Å². The molecule has 0 saturated carbocycles. The molecule has 1 aromatic carbocycles. The van der Waals surface area contributed by atoms with Crippen molar-refractivity contribution >= 4 is 5.91 Å². The predicted octanol–water partition coefficient (Wildman–Crippen LogP) is 3.21. The van der Waals surface area contributed by atoms with E-state index in [1.807, 2.05) is 63.7 Å². The minimum Gasteiger partial charge on any atom is -0.374 e. The van der Waals surface area contributed by atoms with E-state index in [0.29, 0.717) is 19.6 Å². The van der Waals surface area contributed by atoms with Gasteiger partial charge in [-0.3, -0.25) is 9.48 Å². The smallest absolute Gasteiger partial charge is 0.220 e. The third-order valence-electron chi connectivity index (χ3n) is 4.36. The largest absolute Gasteiger partial charge is 0.374 e. The molecule has 0 fully saturated rings. The zero-order valence-corrected chi connectivity index (χ0v) is 15.9. The van der Waals surface area contributed by atoms with Crippen molar-refractivity contribution in [2.75, 3.05) is 0 Å². The fourth-order valence-electron chi connectivity index (χ4n) is 2.72. The molecule has 25 heavy (non-hydrogen) atoms. The Labute approximate surface area is 150 Å². The first-order valence-corrected chi connectivity index (χ1v) is 8.82. The van der Waals surface area contributed by atoms with Gasteiger partial charge < -0.3 is 10.1 Å². The van der Waals surface area contributed by atoms with Crippen molar-refractivity contribution < 1.29 is 9.53 Å². The van der Waals surface area contributed by atoms with E-state index in [9.17, 15) is 4.79 Å². The Morgan fingerprint density at radius 2 is 1.84 bits per heavy atom. The van der Waals surface area contributed by atoms with Gasteiger partial charge in [-0.2, -0.15) is 5.10 Å². The van der Waals surface area contributed by atoms with Gasteiger partial charge in [-0.15, -0.1) is 0 Å². The van der Waals surface area contributed by atoms with Crippen molar-refractivity contribution in [2.45, 2.75) is 59.8 Å². The highest BCUT2D eigenvalue weighted by atomic mass is 16.5. The van der Waals surface area contributed by atoms with Crippen LogP contribution in [-0.4, -0.2) is 21.8 Å². The molecule has 0 unspecified atom stereocenters. The number of ether oxygens (including phenoxy) is 1. The maximum absolute atomic E-state index is 12.1. The number of hydrogen-bond acceptors (Lipinski definition) is 3. The van der Waals surface area contributed by atoms with Crippen LogP contribution >= 0.6 is 0 Å². The first kappa shape index (κ1) is 19.2. The van der Waals surface area contributed by atoms with Gasteiger partial charge in [0.25, 0.3) is 0 Å². The van der Waals surface area contributed by atoms with E-state index >= 15 is 0 Å². The average molecular weight is 343 g/mol. The second-order valence-corrected chi connectivity index (χ2v) is 6.73. The Kier molecular flexibility index (Phi) is 6.76. The molecule has 1 aromatic heterocycles. The van der Waals surface area contributed by atoms with Gasteiger partial charge in [0.2, 0.25) is 5.91 Å². The second kappa shape index (κ2) is 8.81. The van der Waals surface area contributed by atoms with Gasteiger partial charge >= 0.3 is 0 Å². The summed E-state index contributed by atoms with van der Waals surface area (Å²) in [5, 5.41) is 7.38. The Bertz CT molecular complexity index is 702. The second-order valence-electron chi connectivity index (χ2n) is 6.73. The van der Waals surface area contributed by atoms with E-state index in [2.05, 4.69) is 10.4 Å². The molecule has 2 rings (SSSR count). The molecule has 0 aliphatic heterocycles. The SMILES string of the molecule is Cc1nn(C)c(C)c1CCC(=O)NCc1ccc(COC(C)C)cc1. The van der Waals surface area contributed by atoms with Crippen LogP contribution in [0.1, 0.15) is 48.3 Å². The number of aromatic nitrogens is 2. The third kappa shape index (κ3) is 5.71. The molecule has 0 aliphatic rings. The number of carbonyl (C=O) groups is 1. The monoisotopic (exact) mass is 343 g/mol. The van der Waals surface area contributed by atoms with Crippen molar-refractivity contribution in [1.82, 2.24) is 15.1 Å². The Morgan fingerprint density at radius 1 is 1.20 bits per heavy atom. The van der Waals surface area contributed by atoms with E-state index in [0.717, 1.165) is 28.9 Å². The molecule has 1 amide bonds. The van der Waals surface area contributed by atoms with Crippen molar-refractivity contribution in [3.05, 3.63) is 52.3 Å². The normalized spacial score (nSPS) is 11.1. The van der Waals surface area contributed by atoms with Gasteiger partial charge in [0.1, 0.15) is 0 Å². The van der Waals surface area contributed by atoms with Crippen molar-refractivity contribution in [2.24, 2.45) is 7.05 Å². The summed E-state index contributed by atoms with van der Waals surface area (Å²) >= 11 is 0. The molecule has 1 heterocycles. The van der Waals surface area contributed by atoms with Crippen molar-refractivity contribution in [3.8, 4) is 0 Å². The molecule has 5 heteroatoms. The van der Waals surface area contributed by atoms with Crippen molar-refractivity contribution in [1.29, 1.82) is 0 Å². The minimum atomic E-state index is 0.0647. The van der Waals surface area contributed by atoms with E-state index in [1.165, 1.54) is 5.56 Å². The number of aryl methyl sites for hydroxylation is 2. The van der Waals surface area contributed by atoms with Crippen LogP contribution in [0.3, 0.4) is 0 Å². The number of rotatable bonds is 8. The predicted molar refractivity (Wildman–Crippen MR) is 99.2 cm³/mol. The fourth-order valence-corrected chi connectivity index (χ4v) is 2.72. The lowest BCUT2D eigenvalue weighted by Gasteiger charge is -2.09. The fraction of sp³-hybridized carbons (Fsp3) is 0.500. The van der Waals surface area contributed by atoms with Crippen LogP contribution < -0.4 is 5.32 Å². The molecule has 0 bridgehead atoms. The van der Waals surface area contributed by atoms with E-state index in [1.54, 1.807) is 0 Å². The first-order chi connectivity index (χ1) is 11.9. The van der Waals surface area contributed by atoms with Crippen molar-refractivity contribution in [3.63, 3.8) is 0 Å². The summed E-state index contributed by atoms with van der Waals surface area (Å²) < 4.78 is 7.45. The van der Waals surface area contributed by atoms with Gasteiger partial charge in [0.05, 0.1) is 18.4 Å². The first-order valence-electron chi connectivity index (χ1n) is 8.82. The van der Waals surface area contributed by atoms with E-state index in [-0.39, 0.29) is 12.0 Å². The summed E-state index contributed by atoms with van der Waals surface area (Å²) in [4.78, 5) is 12.1. The number of carbonyl (C=O) groups excluding carboxylic acids is 1. The maximum atomic E-state index is 12.1. The molecule has 0 atom stereocenters. The number of amides is 1. The molecule has 5 nitrogen and oxygen atoms in total. The lowest BCUT2D eigenvalue weighted by Crippen LogP contribution is -2.23. The van der Waals surface area contributed by atoms with Crippen LogP contribution in [0.4, 0.5) is 0 Å². The highest BCUT2D eigenvalue weighted by molar-refractivity contribution is 5.76. The van der Waals surface area contributed by atoms with Crippen LogP contribution in [0.2, 0.25) is 0 Å². The summed E-state index contributed by atoms with van der Waals surface area (Å²) in [5.74, 6) is 0.0647. The third-order valence-corrected chi connectivity index (χ3v) is 4.36. The van der Waals surface area contributed by atoms with Gasteiger partial charge in [-0.1, -0.05) is 24.3 Å². The molecule has 0 radical (unpaired) electrons. The van der Waals surface area contributed by atoms with Crippen LogP contribution in [-0.2, 0) is 36.2 Å². The number of nitrogens with one attached hydrogen (secondary N) is 1. The molecular weight excluding hydrogens is 314 g/mol. The molecule has 1 N–H and O–H groups in total. The summed E-state index contributed by atoms with van der Waals surface area (Å²) in [6.07, 6.45) is 1.43. The van der Waals surface area contributed by atoms with E-state index in [4.69, 9.17) is 4.74 Å². The molecule has 0 aliphatic carbocycles. The quantitative estimate of drug-likeness (QED) is 0.801. The molecule has 0 spiro atoms. The standard InChI is InChI=1S/C20H29N3O2/c1-14(2)25-13-18-8-6-17(7-9-18)12-21-20(24)11-10-19-15(3)22-23(5)16(19)4/h6-9,14H,10-13H2,1-5H3,(H,21,24). The summed E-state index contributed by atoms with van der Waals surface area (Å²) in [6.45, 7) is 9.25. The Balaban J connectivity index is 1.78. The van der Waals surface area contributed by atoms with Crippen LogP contribution in [0.15, 0.2) is 24.3 Å². The lowest BCUT2D eigenvalue weighted by molar-refractivity contribution is -0.121. The summed E-state index contributed by atoms with van der Waals surface area (Å²) in [5.41, 5.74) is 5.55. The highest BCUT2D eigenvalue weighted by Crippen LogP contribution is 2.14. The minimum absolute atomic E-state index is 0.0647. The van der Waals surface area contributed by atoms with Gasteiger partial charge in [0, 0.05) is 25.7 Å². The van der Waals surface area contributed by atoms with Gasteiger partial charge in [-0.05, 0) is 50.8 Å². The molecule has 2 aromatic rings. The van der Waals surface area contributed by atoms with Crippen LogP contribution in [0, 0.1) is 13.8 Å². The summed E-state index contributed by atoms with van der Waals surface area (Å²) in [6, 6.07) is 8.17. The number of benzene rings is 1. The molecular formula is C20H29N3O2. The van der Waals surface area contributed by atoms with Gasteiger partial charge in [-0.25, -0.2) is 0 Å². The Hall–Kier alpha value is -2.14. The highest BCUT2D eigenvalue weighted by Gasteiger charge is 2.11. The zero-order valence-electron chi connectivity index (χ0n) is 15.9. The molecule has 136 valence electrons. The maximum Gasteiger partial charge on any atom is 0.220 e. The summed E-state index contributed by atoms with van der Waals surface area (Å²) in [7, 11) is 1.93. The van der Waals surface area contributed by atoms with E-state index < -0.39 is 0 Å². The van der Waals surface area contributed by atoms with Gasteiger partial charge in [0.15, 0.2) is 0 Å². The lowest BCUT2D eigenvalue weighted by atomic mass is 10.1. The topological polar surface area (TPSA) is 56.2 Å².